The largest absolute Gasteiger partial charge is 0.388 e. The standard InChI is InChI=1S/C11H22O5S2.C8H16O5S2/c12-8-7(6-18)16-11(10(14)9(8)13)15-4-2-1-3-5-17;9-5-4(3-15)13-8(12-1-2-14)7(11)6(5)10/h7-14,17-18H,1-6H2;4-11,14-15H,1-3H2. The van der Waals surface area contributed by atoms with Crippen molar-refractivity contribution in [3.63, 3.8) is 0 Å². The summed E-state index contributed by atoms with van der Waals surface area (Å²) in [6.45, 7) is 0.741. The summed E-state index contributed by atoms with van der Waals surface area (Å²) >= 11 is 16.1. The van der Waals surface area contributed by atoms with Crippen LogP contribution in [0.2, 0.25) is 0 Å². The molecule has 0 spiro atoms. The number of hydrogen-bond acceptors (Lipinski definition) is 14. The Kier molecular flexibility index (Phi) is 16.9. The van der Waals surface area contributed by atoms with Crippen LogP contribution in [0.5, 0.6) is 0 Å². The molecule has 10 unspecified atom stereocenters. The number of aliphatic hydroxyl groups is 6. The van der Waals surface area contributed by atoms with E-state index in [-0.39, 0.29) is 11.5 Å². The summed E-state index contributed by atoms with van der Waals surface area (Å²) in [5.74, 6) is 1.82. The third-order valence-electron chi connectivity index (χ3n) is 5.15. The predicted molar refractivity (Wildman–Crippen MR) is 135 cm³/mol. The van der Waals surface area contributed by atoms with Crippen molar-refractivity contribution in [1.29, 1.82) is 0 Å². The van der Waals surface area contributed by atoms with Gasteiger partial charge in [-0.1, -0.05) is 6.42 Å². The van der Waals surface area contributed by atoms with Gasteiger partial charge in [-0.3, -0.25) is 0 Å². The molecule has 33 heavy (non-hydrogen) atoms. The number of rotatable bonds is 11. The third-order valence-corrected chi connectivity index (χ3v) is 6.37. The fraction of sp³-hybridized carbons (Fsp3) is 1.00. The first kappa shape index (κ1) is 32.0. The van der Waals surface area contributed by atoms with Gasteiger partial charge in [0.15, 0.2) is 12.6 Å². The first-order chi connectivity index (χ1) is 15.7. The first-order valence-corrected chi connectivity index (χ1v) is 13.3. The highest BCUT2D eigenvalue weighted by molar-refractivity contribution is 7.80. The fourth-order valence-corrected chi connectivity index (χ4v) is 4.10. The van der Waals surface area contributed by atoms with Crippen LogP contribution in [0.4, 0.5) is 0 Å². The Morgan fingerprint density at radius 1 is 0.515 bits per heavy atom. The molecule has 0 aromatic rings. The van der Waals surface area contributed by atoms with Crippen LogP contribution in [-0.2, 0) is 18.9 Å². The maximum absolute atomic E-state index is 9.73. The SMILES string of the molecule is OC1C(CS)OC(OCCCCCS)C(O)C1O.OC1C(CS)OC(OCCS)C(O)C1O. The molecule has 0 amide bonds. The summed E-state index contributed by atoms with van der Waals surface area (Å²) in [4.78, 5) is 0. The Labute approximate surface area is 216 Å². The predicted octanol–water partition coefficient (Wildman–Crippen LogP) is -1.49. The Morgan fingerprint density at radius 3 is 1.36 bits per heavy atom. The second-order valence-electron chi connectivity index (χ2n) is 7.64. The van der Waals surface area contributed by atoms with Crippen molar-refractivity contribution < 1.29 is 49.6 Å². The Morgan fingerprint density at radius 2 is 0.970 bits per heavy atom. The highest BCUT2D eigenvalue weighted by Crippen LogP contribution is 2.24. The van der Waals surface area contributed by atoms with Gasteiger partial charge in [0.2, 0.25) is 0 Å². The van der Waals surface area contributed by atoms with Gasteiger partial charge in [-0.05, 0) is 18.6 Å². The average molecular weight is 555 g/mol. The van der Waals surface area contributed by atoms with E-state index in [0.717, 1.165) is 25.0 Å². The van der Waals surface area contributed by atoms with Gasteiger partial charge < -0.3 is 49.6 Å². The average Bonchev–Trinajstić information content (AvgIpc) is 2.82. The van der Waals surface area contributed by atoms with E-state index >= 15 is 0 Å². The summed E-state index contributed by atoms with van der Waals surface area (Å²) in [6.07, 6.45) is -7.58. The summed E-state index contributed by atoms with van der Waals surface area (Å²) in [7, 11) is 0. The van der Waals surface area contributed by atoms with E-state index < -0.39 is 61.4 Å². The van der Waals surface area contributed by atoms with E-state index in [2.05, 4.69) is 50.5 Å². The van der Waals surface area contributed by atoms with E-state index in [1.807, 2.05) is 0 Å². The van der Waals surface area contributed by atoms with E-state index in [1.165, 1.54) is 0 Å². The third kappa shape index (κ3) is 10.1. The summed E-state index contributed by atoms with van der Waals surface area (Å²) in [6, 6.07) is 0. The van der Waals surface area contributed by atoms with Gasteiger partial charge in [0.1, 0.15) is 36.6 Å². The smallest absolute Gasteiger partial charge is 0.186 e. The molecule has 2 aliphatic heterocycles. The zero-order chi connectivity index (χ0) is 25.0. The van der Waals surface area contributed by atoms with Crippen molar-refractivity contribution in [2.45, 2.75) is 80.7 Å². The molecule has 10 nitrogen and oxygen atoms in total. The minimum atomic E-state index is -1.28. The topological polar surface area (TPSA) is 158 Å². The maximum Gasteiger partial charge on any atom is 0.186 e. The molecule has 10 atom stereocenters. The van der Waals surface area contributed by atoms with Gasteiger partial charge in [0, 0.05) is 23.9 Å². The van der Waals surface area contributed by atoms with Crippen LogP contribution >= 0.6 is 50.5 Å². The number of ether oxygens (including phenoxy) is 4. The van der Waals surface area contributed by atoms with E-state index in [4.69, 9.17) is 18.9 Å². The molecule has 0 bridgehead atoms. The fourth-order valence-electron chi connectivity index (χ4n) is 3.17. The zero-order valence-corrected chi connectivity index (χ0v) is 21.8. The van der Waals surface area contributed by atoms with Gasteiger partial charge in [0.05, 0.1) is 18.8 Å². The van der Waals surface area contributed by atoms with Crippen LogP contribution in [0.15, 0.2) is 0 Å². The van der Waals surface area contributed by atoms with Gasteiger partial charge in [-0.15, -0.1) is 0 Å². The molecule has 2 saturated heterocycles. The highest BCUT2D eigenvalue weighted by Gasteiger charge is 2.44. The maximum atomic E-state index is 9.73. The van der Waals surface area contributed by atoms with Crippen molar-refractivity contribution in [2.75, 3.05) is 36.2 Å². The Bertz CT molecular complexity index is 507. The van der Waals surface area contributed by atoms with E-state index in [0.29, 0.717) is 19.0 Å². The molecule has 2 rings (SSSR count). The monoisotopic (exact) mass is 554 g/mol. The van der Waals surface area contributed by atoms with E-state index in [9.17, 15) is 30.6 Å². The van der Waals surface area contributed by atoms with Crippen LogP contribution in [0.1, 0.15) is 19.3 Å². The zero-order valence-electron chi connectivity index (χ0n) is 18.2. The highest BCUT2D eigenvalue weighted by atomic mass is 32.1. The molecule has 198 valence electrons. The van der Waals surface area contributed by atoms with E-state index in [1.54, 1.807) is 0 Å². The molecule has 0 aliphatic carbocycles. The van der Waals surface area contributed by atoms with Crippen molar-refractivity contribution in [1.82, 2.24) is 0 Å². The molecule has 2 heterocycles. The molecule has 0 aromatic carbocycles. The van der Waals surface area contributed by atoms with Crippen molar-refractivity contribution in [3.8, 4) is 0 Å². The number of hydrogen-bond donors (Lipinski definition) is 10. The van der Waals surface area contributed by atoms with Crippen molar-refractivity contribution >= 4 is 50.5 Å². The lowest BCUT2D eigenvalue weighted by molar-refractivity contribution is -0.292. The first-order valence-electron chi connectivity index (χ1n) is 10.8. The molecule has 0 radical (unpaired) electrons. The minimum Gasteiger partial charge on any atom is -0.388 e. The molecule has 2 aliphatic rings. The minimum absolute atomic E-state index is 0.242. The number of thiol groups is 4. The quantitative estimate of drug-likeness (QED) is 0.108. The summed E-state index contributed by atoms with van der Waals surface area (Å²) in [5.41, 5.74) is 0. The van der Waals surface area contributed by atoms with Gasteiger partial charge in [0.25, 0.3) is 0 Å². The Hall–Kier alpha value is 1.000. The second kappa shape index (κ2) is 17.5. The molecular formula is C19H38O10S4. The van der Waals surface area contributed by atoms with Gasteiger partial charge in [-0.25, -0.2) is 0 Å². The Balaban J connectivity index is 0.000000335. The molecule has 0 aromatic heterocycles. The van der Waals surface area contributed by atoms with Crippen molar-refractivity contribution in [3.05, 3.63) is 0 Å². The van der Waals surface area contributed by atoms with Crippen molar-refractivity contribution in [2.24, 2.45) is 0 Å². The molecule has 0 saturated carbocycles. The van der Waals surface area contributed by atoms with Crippen LogP contribution in [0.25, 0.3) is 0 Å². The normalized spacial score (nSPS) is 39.1. The van der Waals surface area contributed by atoms with Crippen LogP contribution in [0.3, 0.4) is 0 Å². The summed E-state index contributed by atoms with van der Waals surface area (Å²) < 4.78 is 21.1. The second-order valence-corrected chi connectivity index (χ2v) is 9.27. The lowest BCUT2D eigenvalue weighted by Crippen LogP contribution is -2.58. The van der Waals surface area contributed by atoms with Crippen LogP contribution in [-0.4, -0.2) is 128 Å². The van der Waals surface area contributed by atoms with Crippen LogP contribution < -0.4 is 0 Å². The lowest BCUT2D eigenvalue weighted by Gasteiger charge is -2.39. The van der Waals surface area contributed by atoms with Gasteiger partial charge in [-0.2, -0.15) is 50.5 Å². The number of aliphatic hydroxyl groups excluding tert-OH is 6. The lowest BCUT2D eigenvalue weighted by atomic mass is 10.00. The number of unbranched alkanes of at least 4 members (excludes halogenated alkanes) is 2. The molecule has 6 N–H and O–H groups in total. The van der Waals surface area contributed by atoms with Crippen LogP contribution in [0, 0.1) is 0 Å². The summed E-state index contributed by atoms with van der Waals surface area (Å²) in [5, 5.41) is 57.5. The molecular weight excluding hydrogens is 516 g/mol. The molecule has 2 fully saturated rings. The molecule has 14 heteroatoms. The van der Waals surface area contributed by atoms with Gasteiger partial charge >= 0.3 is 0 Å².